The molecule has 1 fully saturated rings. The second kappa shape index (κ2) is 11.3. The van der Waals surface area contributed by atoms with E-state index in [9.17, 15) is 14.4 Å². The Hall–Kier alpha value is -4.54. The normalized spacial score (nSPS) is 14.2. The fourth-order valence-corrected chi connectivity index (χ4v) is 3.51. The molecular weight excluding hydrogens is 460 g/mol. The maximum Gasteiger partial charge on any atom is 0.328 e. The molecule has 1 aliphatic rings. The molecule has 1 saturated heterocycles. The average molecular weight is 491 g/mol. The molecule has 0 spiro atoms. The van der Waals surface area contributed by atoms with E-state index in [2.05, 4.69) is 36.2 Å². The van der Waals surface area contributed by atoms with Gasteiger partial charge >= 0.3 is 6.03 Å². The van der Waals surface area contributed by atoms with Gasteiger partial charge in [-0.15, -0.1) is 0 Å². The molecule has 188 valence electrons. The molecule has 0 radical (unpaired) electrons. The molecule has 3 aromatic rings. The summed E-state index contributed by atoms with van der Waals surface area (Å²) in [6.45, 7) is 7.57. The molecule has 0 bridgehead atoms. The van der Waals surface area contributed by atoms with Crippen LogP contribution in [0.2, 0.25) is 0 Å². The van der Waals surface area contributed by atoms with E-state index in [1.165, 1.54) is 11.1 Å². The van der Waals surface area contributed by atoms with E-state index in [0.717, 1.165) is 11.4 Å². The SMILES string of the molecule is CCC1(CC)C(=O)NC(=O)NC1=O.Cc1ccc(Nc2nc(N)nc(Nc3ccc(C)cc3)n2)cc1. The first-order chi connectivity index (χ1) is 17.1. The third-order valence-electron chi connectivity index (χ3n) is 5.80. The number of aromatic nitrogens is 3. The Bertz CT molecular complexity index is 1150. The molecule has 0 atom stereocenters. The number of urea groups is 1. The van der Waals surface area contributed by atoms with E-state index in [-0.39, 0.29) is 5.95 Å². The number of barbiturate groups is 1. The third-order valence-corrected chi connectivity index (χ3v) is 5.80. The Morgan fingerprint density at radius 1 is 0.722 bits per heavy atom. The predicted octanol–water partition coefficient (Wildman–Crippen LogP) is 3.72. The van der Waals surface area contributed by atoms with Crippen molar-refractivity contribution >= 4 is 47.1 Å². The van der Waals surface area contributed by atoms with Crippen LogP contribution in [0, 0.1) is 19.3 Å². The topological polar surface area (TPSA) is 164 Å². The number of benzene rings is 2. The summed E-state index contributed by atoms with van der Waals surface area (Å²) in [7, 11) is 0. The van der Waals surface area contributed by atoms with Crippen molar-refractivity contribution in [3.8, 4) is 0 Å². The Labute approximate surface area is 209 Å². The molecule has 2 heterocycles. The number of aryl methyl sites for hydroxylation is 2. The number of nitrogens with one attached hydrogen (secondary N) is 4. The van der Waals surface area contributed by atoms with Crippen LogP contribution >= 0.6 is 0 Å². The summed E-state index contributed by atoms with van der Waals surface area (Å²) < 4.78 is 0. The van der Waals surface area contributed by atoms with Gasteiger partial charge in [-0.3, -0.25) is 20.2 Å². The molecule has 36 heavy (non-hydrogen) atoms. The summed E-state index contributed by atoms with van der Waals surface area (Å²) in [5.74, 6) is -0.0337. The van der Waals surface area contributed by atoms with Gasteiger partial charge in [0.1, 0.15) is 5.41 Å². The lowest BCUT2D eigenvalue weighted by Crippen LogP contribution is -2.61. The molecule has 0 unspecified atom stereocenters. The second-order valence-electron chi connectivity index (χ2n) is 8.35. The Kier molecular flexibility index (Phi) is 8.15. The van der Waals surface area contributed by atoms with Crippen LogP contribution in [-0.4, -0.2) is 32.8 Å². The average Bonchev–Trinajstić information content (AvgIpc) is 2.83. The maximum absolute atomic E-state index is 11.4. The zero-order valence-electron chi connectivity index (χ0n) is 20.7. The number of anilines is 5. The number of nitrogen functional groups attached to an aromatic ring is 1. The number of amides is 4. The van der Waals surface area contributed by atoms with E-state index < -0.39 is 23.3 Å². The van der Waals surface area contributed by atoms with Crippen molar-refractivity contribution in [1.82, 2.24) is 25.6 Å². The van der Waals surface area contributed by atoms with Crippen molar-refractivity contribution in [2.24, 2.45) is 5.41 Å². The minimum atomic E-state index is -1.06. The van der Waals surface area contributed by atoms with Gasteiger partial charge in [-0.2, -0.15) is 15.0 Å². The number of nitrogens with two attached hydrogens (primary N) is 1. The van der Waals surface area contributed by atoms with Gasteiger partial charge in [0.05, 0.1) is 0 Å². The summed E-state index contributed by atoms with van der Waals surface area (Å²) in [4.78, 5) is 46.1. The van der Waals surface area contributed by atoms with Gasteiger partial charge < -0.3 is 16.4 Å². The van der Waals surface area contributed by atoms with Gasteiger partial charge in [0, 0.05) is 11.4 Å². The number of hydrogen-bond donors (Lipinski definition) is 5. The third kappa shape index (κ3) is 6.32. The number of imide groups is 2. The van der Waals surface area contributed by atoms with Crippen molar-refractivity contribution in [1.29, 1.82) is 0 Å². The van der Waals surface area contributed by atoms with Crippen molar-refractivity contribution in [2.75, 3.05) is 16.4 Å². The van der Waals surface area contributed by atoms with E-state index in [4.69, 9.17) is 5.73 Å². The maximum atomic E-state index is 11.4. The molecule has 0 saturated carbocycles. The summed E-state index contributed by atoms with van der Waals surface area (Å²) in [6.07, 6.45) is 0.795. The van der Waals surface area contributed by atoms with Crippen molar-refractivity contribution < 1.29 is 14.4 Å². The highest BCUT2D eigenvalue weighted by molar-refractivity contribution is 6.19. The molecule has 2 aromatic carbocycles. The number of hydrogen-bond acceptors (Lipinski definition) is 9. The fraction of sp³-hybridized carbons (Fsp3) is 0.280. The van der Waals surface area contributed by atoms with E-state index in [0.29, 0.717) is 24.7 Å². The summed E-state index contributed by atoms with van der Waals surface area (Å²) >= 11 is 0. The summed E-state index contributed by atoms with van der Waals surface area (Å²) in [6, 6.07) is 15.2. The first kappa shape index (κ1) is 26.1. The van der Waals surface area contributed by atoms with Crippen molar-refractivity contribution in [3.05, 3.63) is 59.7 Å². The van der Waals surface area contributed by atoms with Crippen LogP contribution in [-0.2, 0) is 9.59 Å². The molecule has 1 aliphatic heterocycles. The van der Waals surface area contributed by atoms with Crippen LogP contribution in [0.15, 0.2) is 48.5 Å². The first-order valence-electron chi connectivity index (χ1n) is 11.5. The summed E-state index contributed by atoms with van der Waals surface area (Å²) in [5, 5.41) is 10.4. The van der Waals surface area contributed by atoms with Crippen LogP contribution in [0.3, 0.4) is 0 Å². The second-order valence-corrected chi connectivity index (χ2v) is 8.35. The number of rotatable bonds is 6. The molecule has 4 amide bonds. The fourth-order valence-electron chi connectivity index (χ4n) is 3.51. The molecule has 1 aromatic heterocycles. The molecule has 6 N–H and O–H groups in total. The number of carbonyl (C=O) groups is 3. The number of carbonyl (C=O) groups excluding carboxylic acids is 3. The molecule has 4 rings (SSSR count). The monoisotopic (exact) mass is 490 g/mol. The lowest BCUT2D eigenvalue weighted by atomic mass is 9.79. The molecule has 0 aliphatic carbocycles. The Balaban J connectivity index is 0.000000236. The van der Waals surface area contributed by atoms with Crippen molar-refractivity contribution in [3.63, 3.8) is 0 Å². The largest absolute Gasteiger partial charge is 0.368 e. The standard InChI is InChI=1S/C17H18N6.C8H12N2O3/c1-11-3-7-13(8-4-11)19-16-21-15(18)22-17(23-16)20-14-9-5-12(2)6-10-14;1-3-8(4-2)5(11)9-7(13)10-6(8)12/h3-10H,1-2H3,(H4,18,19,20,21,22,23);3-4H2,1-2H3,(H2,9,10,11,12,13). The van der Waals surface area contributed by atoms with Crippen molar-refractivity contribution in [2.45, 2.75) is 40.5 Å². The van der Waals surface area contributed by atoms with Gasteiger partial charge in [0.25, 0.3) is 0 Å². The summed E-state index contributed by atoms with van der Waals surface area (Å²) in [5.41, 5.74) is 8.87. The highest BCUT2D eigenvalue weighted by Crippen LogP contribution is 2.28. The van der Waals surface area contributed by atoms with Gasteiger partial charge in [-0.25, -0.2) is 4.79 Å². The zero-order chi connectivity index (χ0) is 26.3. The number of nitrogens with zero attached hydrogens (tertiary/aromatic N) is 3. The zero-order valence-corrected chi connectivity index (χ0v) is 20.7. The van der Waals surface area contributed by atoms with Gasteiger partial charge in [-0.05, 0) is 51.0 Å². The van der Waals surface area contributed by atoms with Crippen LogP contribution in [0.25, 0.3) is 0 Å². The Morgan fingerprint density at radius 3 is 1.47 bits per heavy atom. The van der Waals surface area contributed by atoms with Crippen LogP contribution < -0.4 is 27.0 Å². The van der Waals surface area contributed by atoms with Gasteiger partial charge in [0.15, 0.2) is 0 Å². The minimum Gasteiger partial charge on any atom is -0.368 e. The smallest absolute Gasteiger partial charge is 0.328 e. The molecule has 11 nitrogen and oxygen atoms in total. The van der Waals surface area contributed by atoms with E-state index in [1.807, 2.05) is 62.4 Å². The van der Waals surface area contributed by atoms with Crippen LogP contribution in [0.1, 0.15) is 37.8 Å². The lowest BCUT2D eigenvalue weighted by Gasteiger charge is -2.31. The van der Waals surface area contributed by atoms with Crippen LogP contribution in [0.5, 0.6) is 0 Å². The molecular formula is C25H30N8O3. The highest BCUT2D eigenvalue weighted by atomic mass is 16.2. The molecule has 11 heteroatoms. The lowest BCUT2D eigenvalue weighted by molar-refractivity contribution is -0.144. The highest BCUT2D eigenvalue weighted by Gasteiger charge is 2.47. The Morgan fingerprint density at radius 2 is 1.11 bits per heavy atom. The predicted molar refractivity (Wildman–Crippen MR) is 138 cm³/mol. The first-order valence-corrected chi connectivity index (χ1v) is 11.5. The van der Waals surface area contributed by atoms with E-state index in [1.54, 1.807) is 13.8 Å². The van der Waals surface area contributed by atoms with Gasteiger partial charge in [-0.1, -0.05) is 49.2 Å². The minimum absolute atomic E-state index is 0.157. The van der Waals surface area contributed by atoms with E-state index >= 15 is 0 Å². The van der Waals surface area contributed by atoms with Gasteiger partial charge in [0.2, 0.25) is 29.7 Å². The quantitative estimate of drug-likeness (QED) is 0.324. The van der Waals surface area contributed by atoms with Crippen LogP contribution in [0.4, 0.5) is 34.0 Å².